The standard InChI is InChI=1S/C12H20N4O/c1-3-9-8-10(16-13)15-11(14-9)12(17-2)6-4-5-7-12/h8H,3-7,13H2,1-2H3,(H,14,15,16). The van der Waals surface area contributed by atoms with Gasteiger partial charge in [-0.3, -0.25) is 0 Å². The molecule has 17 heavy (non-hydrogen) atoms. The molecule has 1 aromatic heterocycles. The predicted octanol–water partition coefficient (Wildman–Crippen LogP) is 1.74. The molecule has 2 rings (SSSR count). The molecular weight excluding hydrogens is 216 g/mol. The highest BCUT2D eigenvalue weighted by atomic mass is 16.5. The number of nitrogens with two attached hydrogens (primary N) is 1. The number of nitrogens with one attached hydrogen (secondary N) is 1. The van der Waals surface area contributed by atoms with Crippen molar-refractivity contribution in [1.29, 1.82) is 0 Å². The van der Waals surface area contributed by atoms with Crippen LogP contribution in [-0.2, 0) is 16.8 Å². The SMILES string of the molecule is CCc1cc(NN)nc(C2(OC)CCCC2)n1. The van der Waals surface area contributed by atoms with E-state index in [1.165, 1.54) is 12.8 Å². The van der Waals surface area contributed by atoms with Crippen molar-refractivity contribution in [1.82, 2.24) is 9.97 Å². The number of hydrogen-bond acceptors (Lipinski definition) is 5. The van der Waals surface area contributed by atoms with E-state index in [1.807, 2.05) is 6.07 Å². The second-order valence-electron chi connectivity index (χ2n) is 4.47. The summed E-state index contributed by atoms with van der Waals surface area (Å²) in [6, 6.07) is 1.88. The summed E-state index contributed by atoms with van der Waals surface area (Å²) in [5, 5.41) is 0. The van der Waals surface area contributed by atoms with Gasteiger partial charge >= 0.3 is 0 Å². The molecule has 1 saturated carbocycles. The molecule has 1 aliphatic rings. The van der Waals surface area contributed by atoms with Gasteiger partial charge in [0.05, 0.1) is 0 Å². The molecule has 0 amide bonds. The van der Waals surface area contributed by atoms with Crippen molar-refractivity contribution >= 4 is 5.82 Å². The van der Waals surface area contributed by atoms with Gasteiger partial charge in [-0.1, -0.05) is 6.92 Å². The number of methoxy groups -OCH3 is 1. The second kappa shape index (κ2) is 4.98. The third-order valence-electron chi connectivity index (χ3n) is 3.50. The predicted molar refractivity (Wildman–Crippen MR) is 66.4 cm³/mol. The molecule has 0 aromatic carbocycles. The largest absolute Gasteiger partial charge is 0.370 e. The molecule has 94 valence electrons. The lowest BCUT2D eigenvalue weighted by Crippen LogP contribution is -2.28. The van der Waals surface area contributed by atoms with Crippen molar-refractivity contribution < 1.29 is 4.74 Å². The summed E-state index contributed by atoms with van der Waals surface area (Å²) < 4.78 is 5.69. The number of aryl methyl sites for hydroxylation is 1. The molecule has 0 aliphatic heterocycles. The Balaban J connectivity index is 2.42. The summed E-state index contributed by atoms with van der Waals surface area (Å²) >= 11 is 0. The molecule has 1 aliphatic carbocycles. The molecule has 0 bridgehead atoms. The highest BCUT2D eigenvalue weighted by Crippen LogP contribution is 2.40. The van der Waals surface area contributed by atoms with Gasteiger partial charge in [0.15, 0.2) is 5.82 Å². The smallest absolute Gasteiger partial charge is 0.162 e. The fourth-order valence-electron chi connectivity index (χ4n) is 2.42. The van der Waals surface area contributed by atoms with Crippen molar-refractivity contribution in [3.05, 3.63) is 17.6 Å². The number of ether oxygens (including phenoxy) is 1. The minimum Gasteiger partial charge on any atom is -0.370 e. The van der Waals surface area contributed by atoms with Crippen molar-refractivity contribution in [2.75, 3.05) is 12.5 Å². The lowest BCUT2D eigenvalue weighted by molar-refractivity contribution is -0.0163. The maximum absolute atomic E-state index is 5.69. The highest BCUT2D eigenvalue weighted by molar-refractivity contribution is 5.35. The summed E-state index contributed by atoms with van der Waals surface area (Å²) in [6.45, 7) is 2.07. The van der Waals surface area contributed by atoms with Crippen LogP contribution in [0.4, 0.5) is 5.82 Å². The van der Waals surface area contributed by atoms with Gasteiger partial charge in [-0.25, -0.2) is 15.8 Å². The number of rotatable bonds is 4. The lowest BCUT2D eigenvalue weighted by Gasteiger charge is -2.26. The van der Waals surface area contributed by atoms with Crippen LogP contribution in [0.15, 0.2) is 6.07 Å². The zero-order chi connectivity index (χ0) is 12.3. The van der Waals surface area contributed by atoms with E-state index >= 15 is 0 Å². The minimum atomic E-state index is -0.309. The zero-order valence-corrected chi connectivity index (χ0v) is 10.5. The molecular formula is C12H20N4O. The van der Waals surface area contributed by atoms with Crippen LogP contribution < -0.4 is 11.3 Å². The van der Waals surface area contributed by atoms with Gasteiger partial charge in [-0.15, -0.1) is 0 Å². The average Bonchev–Trinajstić information content (AvgIpc) is 2.88. The van der Waals surface area contributed by atoms with E-state index in [2.05, 4.69) is 22.3 Å². The molecule has 3 N–H and O–H groups in total. The van der Waals surface area contributed by atoms with Gasteiger partial charge < -0.3 is 10.2 Å². The number of hydrogen-bond donors (Lipinski definition) is 2. The molecule has 1 aromatic rings. The molecule has 1 heterocycles. The third-order valence-corrected chi connectivity index (χ3v) is 3.50. The van der Waals surface area contributed by atoms with E-state index < -0.39 is 0 Å². The fourth-order valence-corrected chi connectivity index (χ4v) is 2.42. The van der Waals surface area contributed by atoms with E-state index in [4.69, 9.17) is 10.6 Å². The number of aromatic nitrogens is 2. The fraction of sp³-hybridized carbons (Fsp3) is 0.667. The summed E-state index contributed by atoms with van der Waals surface area (Å²) in [6.07, 6.45) is 5.17. The van der Waals surface area contributed by atoms with Crippen molar-refractivity contribution in [3.8, 4) is 0 Å². The first-order chi connectivity index (χ1) is 8.24. The van der Waals surface area contributed by atoms with E-state index in [-0.39, 0.29) is 5.60 Å². The van der Waals surface area contributed by atoms with Crippen LogP contribution in [0.3, 0.4) is 0 Å². The maximum Gasteiger partial charge on any atom is 0.162 e. The molecule has 0 saturated heterocycles. The molecule has 0 unspecified atom stereocenters. The molecule has 0 radical (unpaired) electrons. The Kier molecular flexibility index (Phi) is 3.59. The van der Waals surface area contributed by atoms with Crippen molar-refractivity contribution in [3.63, 3.8) is 0 Å². The Hall–Kier alpha value is -1.20. The lowest BCUT2D eigenvalue weighted by atomic mass is 10.0. The molecule has 5 nitrogen and oxygen atoms in total. The van der Waals surface area contributed by atoms with Gasteiger partial charge in [0.2, 0.25) is 0 Å². The Morgan fingerprint density at radius 3 is 2.65 bits per heavy atom. The van der Waals surface area contributed by atoms with Crippen LogP contribution in [0.25, 0.3) is 0 Å². The van der Waals surface area contributed by atoms with Crippen LogP contribution in [0.2, 0.25) is 0 Å². The van der Waals surface area contributed by atoms with Crippen LogP contribution in [0, 0.1) is 0 Å². The first kappa shape index (κ1) is 12.3. The molecule has 5 heteroatoms. The average molecular weight is 236 g/mol. The topological polar surface area (TPSA) is 73.1 Å². The van der Waals surface area contributed by atoms with Crippen LogP contribution in [0.5, 0.6) is 0 Å². The van der Waals surface area contributed by atoms with Gasteiger partial charge in [-0.2, -0.15) is 0 Å². The zero-order valence-electron chi connectivity index (χ0n) is 10.5. The normalized spacial score (nSPS) is 18.3. The monoisotopic (exact) mass is 236 g/mol. The van der Waals surface area contributed by atoms with Gasteiger partial charge in [-0.05, 0) is 32.1 Å². The van der Waals surface area contributed by atoms with Crippen LogP contribution >= 0.6 is 0 Å². The van der Waals surface area contributed by atoms with Crippen LogP contribution in [0.1, 0.15) is 44.1 Å². The van der Waals surface area contributed by atoms with E-state index in [0.717, 1.165) is 30.8 Å². The number of hydrazine groups is 1. The Morgan fingerprint density at radius 1 is 1.41 bits per heavy atom. The van der Waals surface area contributed by atoms with Crippen LogP contribution in [-0.4, -0.2) is 17.1 Å². The van der Waals surface area contributed by atoms with Crippen molar-refractivity contribution in [2.24, 2.45) is 5.84 Å². The first-order valence-electron chi connectivity index (χ1n) is 6.14. The summed E-state index contributed by atoms with van der Waals surface area (Å²) in [7, 11) is 1.74. The Labute approximate surface area is 102 Å². The third kappa shape index (κ3) is 2.25. The van der Waals surface area contributed by atoms with Crippen molar-refractivity contribution in [2.45, 2.75) is 44.6 Å². The Morgan fingerprint density at radius 2 is 2.12 bits per heavy atom. The maximum atomic E-state index is 5.69. The van der Waals surface area contributed by atoms with E-state index in [0.29, 0.717) is 5.82 Å². The number of nitrogen functional groups attached to an aromatic ring is 1. The second-order valence-corrected chi connectivity index (χ2v) is 4.47. The number of anilines is 1. The van der Waals surface area contributed by atoms with Gasteiger partial charge in [0, 0.05) is 18.9 Å². The Bertz CT molecular complexity index is 366. The summed E-state index contributed by atoms with van der Waals surface area (Å²) in [5.74, 6) is 6.88. The van der Waals surface area contributed by atoms with E-state index in [1.54, 1.807) is 7.11 Å². The molecule has 0 spiro atoms. The number of nitrogens with zero attached hydrogens (tertiary/aromatic N) is 2. The van der Waals surface area contributed by atoms with Gasteiger partial charge in [0.1, 0.15) is 11.4 Å². The summed E-state index contributed by atoms with van der Waals surface area (Å²) in [4.78, 5) is 9.05. The quantitative estimate of drug-likeness (QED) is 0.615. The van der Waals surface area contributed by atoms with Gasteiger partial charge in [0.25, 0.3) is 0 Å². The molecule has 0 atom stereocenters. The molecule has 1 fully saturated rings. The minimum absolute atomic E-state index is 0.309. The van der Waals surface area contributed by atoms with E-state index in [9.17, 15) is 0 Å². The highest BCUT2D eigenvalue weighted by Gasteiger charge is 2.38. The first-order valence-corrected chi connectivity index (χ1v) is 6.14. The summed E-state index contributed by atoms with van der Waals surface area (Å²) in [5.41, 5.74) is 3.28.